The second-order valence-electron chi connectivity index (χ2n) is 5.63. The Balaban J connectivity index is 1.98. The largest absolute Gasteiger partial charge is 0.481 e. The van der Waals surface area contributed by atoms with Crippen molar-refractivity contribution in [3.05, 3.63) is 22.4 Å². The number of carbonyl (C=O) groups is 2. The van der Waals surface area contributed by atoms with E-state index in [1.807, 2.05) is 24.4 Å². The first-order chi connectivity index (χ1) is 10.0. The van der Waals surface area contributed by atoms with E-state index in [0.29, 0.717) is 13.1 Å². The number of carbonyl (C=O) groups excluding carboxylic acids is 1. The summed E-state index contributed by atoms with van der Waals surface area (Å²) in [6, 6.07) is 3.87. The van der Waals surface area contributed by atoms with E-state index in [4.69, 9.17) is 5.11 Å². The van der Waals surface area contributed by atoms with Gasteiger partial charge >= 0.3 is 12.0 Å². The molecule has 21 heavy (non-hydrogen) atoms. The van der Waals surface area contributed by atoms with Crippen molar-refractivity contribution >= 4 is 23.3 Å². The summed E-state index contributed by atoms with van der Waals surface area (Å²) >= 11 is 1.63. The fourth-order valence-corrected chi connectivity index (χ4v) is 3.57. The van der Waals surface area contributed by atoms with Crippen LogP contribution in [-0.2, 0) is 4.79 Å². The Morgan fingerprint density at radius 2 is 2.29 bits per heavy atom. The Hall–Kier alpha value is -1.56. The van der Waals surface area contributed by atoms with Crippen LogP contribution in [0, 0.1) is 11.8 Å². The lowest BCUT2D eigenvalue weighted by Gasteiger charge is -2.22. The van der Waals surface area contributed by atoms with E-state index in [9.17, 15) is 9.59 Å². The molecule has 0 saturated carbocycles. The van der Waals surface area contributed by atoms with Gasteiger partial charge in [0.05, 0.1) is 12.0 Å². The molecule has 1 aromatic rings. The third-order valence-corrected chi connectivity index (χ3v) is 4.96. The average Bonchev–Trinajstić information content (AvgIpc) is 3.07. The van der Waals surface area contributed by atoms with Crippen LogP contribution in [0.1, 0.15) is 37.6 Å². The molecule has 2 N–H and O–H groups in total. The molecule has 0 bridgehead atoms. The lowest BCUT2D eigenvalue weighted by Crippen LogP contribution is -2.40. The minimum absolute atomic E-state index is 0.000358. The van der Waals surface area contributed by atoms with Crippen LogP contribution in [0.25, 0.3) is 0 Å². The normalized spacial score (nSPS) is 23.0. The fraction of sp³-hybridized carbons (Fsp3) is 0.600. The topological polar surface area (TPSA) is 69.6 Å². The van der Waals surface area contributed by atoms with E-state index in [-0.39, 0.29) is 18.0 Å². The summed E-state index contributed by atoms with van der Waals surface area (Å²) < 4.78 is 0. The predicted octanol–water partition coefficient (Wildman–Crippen LogP) is 2.95. The molecule has 3 atom stereocenters. The Kier molecular flexibility index (Phi) is 5.22. The molecule has 1 aromatic heterocycles. The molecule has 1 aliphatic rings. The summed E-state index contributed by atoms with van der Waals surface area (Å²) in [6.45, 7) is 4.78. The summed E-state index contributed by atoms with van der Waals surface area (Å²) in [6.07, 6.45) is 1.87. The fourth-order valence-electron chi connectivity index (χ4n) is 2.76. The number of nitrogens with zero attached hydrogens (tertiary/aromatic N) is 1. The van der Waals surface area contributed by atoms with Crippen LogP contribution in [0.3, 0.4) is 0 Å². The molecule has 1 unspecified atom stereocenters. The second kappa shape index (κ2) is 6.93. The Morgan fingerprint density at radius 3 is 2.81 bits per heavy atom. The van der Waals surface area contributed by atoms with E-state index >= 15 is 0 Å². The quantitative estimate of drug-likeness (QED) is 0.878. The van der Waals surface area contributed by atoms with Gasteiger partial charge in [0.15, 0.2) is 0 Å². The van der Waals surface area contributed by atoms with E-state index < -0.39 is 11.9 Å². The highest BCUT2D eigenvalue weighted by atomic mass is 32.1. The molecular formula is C15H22N2O3S. The maximum atomic E-state index is 12.4. The molecule has 116 valence electrons. The third kappa shape index (κ3) is 3.75. The first-order valence-electron chi connectivity index (χ1n) is 7.34. The van der Waals surface area contributed by atoms with Crippen molar-refractivity contribution in [2.24, 2.45) is 11.8 Å². The SMILES string of the molecule is CCCC(NC(=O)N1C[C@@H](C)[C@H](C(=O)O)C1)c1cccs1. The molecule has 0 aliphatic carbocycles. The average molecular weight is 310 g/mol. The minimum Gasteiger partial charge on any atom is -0.481 e. The number of carboxylic acids is 1. The van der Waals surface area contributed by atoms with Gasteiger partial charge in [-0.25, -0.2) is 4.79 Å². The number of rotatable bonds is 5. The van der Waals surface area contributed by atoms with Crippen molar-refractivity contribution in [3.63, 3.8) is 0 Å². The third-order valence-electron chi connectivity index (χ3n) is 3.98. The highest BCUT2D eigenvalue weighted by Gasteiger charge is 2.37. The summed E-state index contributed by atoms with van der Waals surface area (Å²) in [5, 5.41) is 14.2. The standard InChI is InChI=1S/C15H22N2O3S/c1-3-5-12(13-6-4-7-21-13)16-15(20)17-8-10(2)11(9-17)14(18)19/h4,6-7,10-12H,3,5,8-9H2,1-2H3,(H,16,20)(H,18,19)/t10-,11-,12?/m1/s1. The second-order valence-corrected chi connectivity index (χ2v) is 6.61. The van der Waals surface area contributed by atoms with Gasteiger partial charge in [-0.1, -0.05) is 26.3 Å². The molecule has 1 aliphatic heterocycles. The van der Waals surface area contributed by atoms with Gasteiger partial charge in [0.1, 0.15) is 0 Å². The lowest BCUT2D eigenvalue weighted by molar-refractivity contribution is -0.142. The van der Waals surface area contributed by atoms with Crippen LogP contribution in [0.4, 0.5) is 4.79 Å². The molecular weight excluding hydrogens is 288 g/mol. The van der Waals surface area contributed by atoms with Crippen molar-refractivity contribution in [1.82, 2.24) is 10.2 Å². The zero-order chi connectivity index (χ0) is 15.4. The summed E-state index contributed by atoms with van der Waals surface area (Å²) in [5.41, 5.74) is 0. The maximum absolute atomic E-state index is 12.4. The highest BCUT2D eigenvalue weighted by molar-refractivity contribution is 7.10. The number of hydrogen-bond acceptors (Lipinski definition) is 3. The molecule has 2 heterocycles. The smallest absolute Gasteiger partial charge is 0.317 e. The number of nitrogens with one attached hydrogen (secondary N) is 1. The van der Waals surface area contributed by atoms with Crippen LogP contribution in [0.15, 0.2) is 17.5 Å². The van der Waals surface area contributed by atoms with Crippen LogP contribution in [-0.4, -0.2) is 35.1 Å². The predicted molar refractivity (Wildman–Crippen MR) is 82.4 cm³/mol. The maximum Gasteiger partial charge on any atom is 0.317 e. The van der Waals surface area contributed by atoms with Crippen molar-refractivity contribution in [3.8, 4) is 0 Å². The first-order valence-corrected chi connectivity index (χ1v) is 8.22. The first kappa shape index (κ1) is 15.8. The Labute approximate surface area is 129 Å². The van der Waals surface area contributed by atoms with Crippen LogP contribution < -0.4 is 5.32 Å². The molecule has 5 nitrogen and oxygen atoms in total. The number of carboxylic acid groups (broad SMARTS) is 1. The Bertz CT molecular complexity index is 489. The van der Waals surface area contributed by atoms with Gasteiger partial charge in [-0.2, -0.15) is 0 Å². The summed E-state index contributed by atoms with van der Waals surface area (Å²) in [4.78, 5) is 26.3. The highest BCUT2D eigenvalue weighted by Crippen LogP contribution is 2.26. The molecule has 0 aromatic carbocycles. The zero-order valence-electron chi connectivity index (χ0n) is 12.4. The molecule has 2 rings (SSSR count). The van der Waals surface area contributed by atoms with Gasteiger partial charge in [0.25, 0.3) is 0 Å². The van der Waals surface area contributed by atoms with E-state index in [1.54, 1.807) is 16.2 Å². The van der Waals surface area contributed by atoms with Gasteiger partial charge in [0.2, 0.25) is 0 Å². The summed E-state index contributed by atoms with van der Waals surface area (Å²) in [7, 11) is 0. The van der Waals surface area contributed by atoms with Gasteiger partial charge in [-0.05, 0) is 23.8 Å². The number of thiophene rings is 1. The van der Waals surface area contributed by atoms with E-state index in [1.165, 1.54) is 0 Å². The van der Waals surface area contributed by atoms with Crippen LogP contribution in [0.5, 0.6) is 0 Å². The van der Waals surface area contributed by atoms with Crippen molar-refractivity contribution in [2.75, 3.05) is 13.1 Å². The van der Waals surface area contributed by atoms with Gasteiger partial charge < -0.3 is 15.3 Å². The zero-order valence-corrected chi connectivity index (χ0v) is 13.2. The number of urea groups is 1. The van der Waals surface area contributed by atoms with Crippen molar-refractivity contribution in [2.45, 2.75) is 32.7 Å². The molecule has 0 spiro atoms. The molecule has 1 saturated heterocycles. The van der Waals surface area contributed by atoms with Gasteiger partial charge in [-0.15, -0.1) is 11.3 Å². The van der Waals surface area contributed by atoms with Gasteiger partial charge in [-0.3, -0.25) is 4.79 Å². The molecule has 6 heteroatoms. The Morgan fingerprint density at radius 1 is 1.52 bits per heavy atom. The van der Waals surface area contributed by atoms with E-state index in [2.05, 4.69) is 12.2 Å². The van der Waals surface area contributed by atoms with Gasteiger partial charge in [0, 0.05) is 18.0 Å². The molecule has 1 fully saturated rings. The number of likely N-dealkylation sites (tertiary alicyclic amines) is 1. The number of amides is 2. The lowest BCUT2D eigenvalue weighted by atomic mass is 9.99. The number of aliphatic carboxylic acids is 1. The number of hydrogen-bond donors (Lipinski definition) is 2. The minimum atomic E-state index is -0.818. The molecule has 0 radical (unpaired) electrons. The monoisotopic (exact) mass is 310 g/mol. The van der Waals surface area contributed by atoms with E-state index in [0.717, 1.165) is 17.7 Å². The molecule has 2 amide bonds. The van der Waals surface area contributed by atoms with Crippen molar-refractivity contribution < 1.29 is 14.7 Å². The summed E-state index contributed by atoms with van der Waals surface area (Å²) in [5.74, 6) is -1.28. The van der Waals surface area contributed by atoms with Crippen LogP contribution >= 0.6 is 11.3 Å². The van der Waals surface area contributed by atoms with Crippen molar-refractivity contribution in [1.29, 1.82) is 0 Å². The van der Waals surface area contributed by atoms with Crippen LogP contribution in [0.2, 0.25) is 0 Å².